The monoisotopic (exact) mass is 436 g/mol. The van der Waals surface area contributed by atoms with Crippen molar-refractivity contribution in [1.82, 2.24) is 19.9 Å². The number of nitrogens with zero attached hydrogens (tertiary/aromatic N) is 4. The average Bonchev–Trinajstić information content (AvgIpc) is 3.34. The van der Waals surface area contributed by atoms with Gasteiger partial charge in [0.25, 0.3) is 0 Å². The molecule has 4 aromatic rings. The average molecular weight is 437 g/mol. The molecule has 0 aliphatic heterocycles. The third-order valence-corrected chi connectivity index (χ3v) is 5.94. The van der Waals surface area contributed by atoms with Gasteiger partial charge in [-0.25, -0.2) is 0 Å². The largest absolute Gasteiger partial charge is 0.361 e. The van der Waals surface area contributed by atoms with Gasteiger partial charge in [-0.15, -0.1) is 0 Å². The second kappa shape index (κ2) is 10.1. The minimum absolute atomic E-state index is 0.494. The first-order valence-electron chi connectivity index (χ1n) is 11.2. The number of aromatic nitrogens is 3. The summed E-state index contributed by atoms with van der Waals surface area (Å²) in [4.78, 5) is 14.4. The molecule has 0 bridgehead atoms. The number of aryl methyl sites for hydroxylation is 1. The van der Waals surface area contributed by atoms with Gasteiger partial charge in [-0.2, -0.15) is 5.26 Å². The lowest BCUT2D eigenvalue weighted by molar-refractivity contribution is 0.295. The van der Waals surface area contributed by atoms with E-state index >= 15 is 0 Å². The molecule has 6 nitrogen and oxygen atoms in total. The van der Waals surface area contributed by atoms with Crippen LogP contribution in [-0.2, 0) is 6.54 Å². The lowest BCUT2D eigenvalue weighted by Gasteiger charge is -2.17. The van der Waals surface area contributed by atoms with E-state index < -0.39 is 0 Å². The summed E-state index contributed by atoms with van der Waals surface area (Å²) in [6.45, 7) is 9.35. The number of hydrogen-bond donors (Lipinski definition) is 2. The molecular weight excluding hydrogens is 408 g/mol. The van der Waals surface area contributed by atoms with E-state index in [0.717, 1.165) is 58.7 Å². The predicted octanol–water partition coefficient (Wildman–Crippen LogP) is 5.89. The Balaban J connectivity index is 1.60. The second-order valence-electron chi connectivity index (χ2n) is 7.95. The van der Waals surface area contributed by atoms with Crippen LogP contribution >= 0.6 is 0 Å². The molecule has 2 N–H and O–H groups in total. The summed E-state index contributed by atoms with van der Waals surface area (Å²) < 4.78 is 0. The third kappa shape index (κ3) is 4.94. The van der Waals surface area contributed by atoms with Crippen molar-refractivity contribution in [1.29, 1.82) is 5.26 Å². The smallest absolute Gasteiger partial charge is 0.103 e. The van der Waals surface area contributed by atoms with Gasteiger partial charge in [0.15, 0.2) is 0 Å². The van der Waals surface area contributed by atoms with Gasteiger partial charge in [-0.05, 0) is 67.6 Å². The highest BCUT2D eigenvalue weighted by molar-refractivity contribution is 5.90. The van der Waals surface area contributed by atoms with Crippen LogP contribution in [0.5, 0.6) is 0 Å². The molecule has 0 unspecified atom stereocenters. The van der Waals surface area contributed by atoms with Gasteiger partial charge in [0.1, 0.15) is 6.07 Å². The highest BCUT2D eigenvalue weighted by Crippen LogP contribution is 2.31. The van der Waals surface area contributed by atoms with E-state index in [2.05, 4.69) is 64.1 Å². The third-order valence-electron chi connectivity index (χ3n) is 5.94. The fourth-order valence-electron chi connectivity index (χ4n) is 3.89. The van der Waals surface area contributed by atoms with Crippen LogP contribution in [0.25, 0.3) is 23.1 Å². The summed E-state index contributed by atoms with van der Waals surface area (Å²) in [5, 5.41) is 14.3. The van der Waals surface area contributed by atoms with Crippen molar-refractivity contribution in [2.24, 2.45) is 0 Å². The van der Waals surface area contributed by atoms with Crippen molar-refractivity contribution in [2.45, 2.75) is 27.3 Å². The van der Waals surface area contributed by atoms with E-state index in [1.54, 1.807) is 12.4 Å². The zero-order chi connectivity index (χ0) is 23.2. The Hall–Kier alpha value is -3.95. The van der Waals surface area contributed by atoms with Crippen molar-refractivity contribution in [3.8, 4) is 6.07 Å². The maximum absolute atomic E-state index is 9.68. The molecule has 0 amide bonds. The van der Waals surface area contributed by atoms with E-state index in [1.807, 2.05) is 42.7 Å². The van der Waals surface area contributed by atoms with E-state index in [-0.39, 0.29) is 0 Å². The molecule has 0 atom stereocenters. The summed E-state index contributed by atoms with van der Waals surface area (Å²) in [5.74, 6) is 0. The summed E-state index contributed by atoms with van der Waals surface area (Å²) in [6, 6.07) is 12.5. The number of rotatable bonds is 8. The van der Waals surface area contributed by atoms with Crippen molar-refractivity contribution in [3.63, 3.8) is 0 Å². The minimum Gasteiger partial charge on any atom is -0.361 e. The number of H-pyrrole nitrogens is 1. The molecule has 0 aliphatic rings. The van der Waals surface area contributed by atoms with Crippen molar-refractivity contribution >= 4 is 34.4 Å². The summed E-state index contributed by atoms with van der Waals surface area (Å²) in [5.41, 5.74) is 7.28. The Morgan fingerprint density at radius 3 is 2.64 bits per heavy atom. The van der Waals surface area contributed by atoms with Crippen LogP contribution < -0.4 is 5.32 Å². The number of hydrogen-bond acceptors (Lipinski definition) is 5. The fraction of sp³-hybridized carbons (Fsp3) is 0.222. The molecule has 6 heteroatoms. The summed E-state index contributed by atoms with van der Waals surface area (Å²) in [7, 11) is 0. The first kappa shape index (κ1) is 22.3. The van der Waals surface area contributed by atoms with Crippen LogP contribution in [0.4, 0.5) is 11.4 Å². The minimum atomic E-state index is 0.494. The van der Waals surface area contributed by atoms with Gasteiger partial charge >= 0.3 is 0 Å². The number of nitriles is 1. The summed E-state index contributed by atoms with van der Waals surface area (Å²) >= 11 is 0. The Morgan fingerprint density at radius 1 is 1.06 bits per heavy atom. The highest BCUT2D eigenvalue weighted by Gasteiger charge is 2.11. The van der Waals surface area contributed by atoms with Crippen LogP contribution in [0, 0.1) is 18.3 Å². The standard InChI is InChI=1S/C27H28N6/c1-4-33(5-2)18-20-6-8-23(31-15-20)9-7-21-16-29-17-22(14-28)27(21)32-25-10-11-26-24(19(25)3)12-13-30-26/h6-13,15-17,30H,4-5,18H2,1-3H3,(H,29,32). The quantitative estimate of drug-likeness (QED) is 0.360. The molecule has 3 heterocycles. The van der Waals surface area contributed by atoms with Crippen LogP contribution in [0.2, 0.25) is 0 Å². The molecule has 33 heavy (non-hydrogen) atoms. The van der Waals surface area contributed by atoms with E-state index in [9.17, 15) is 5.26 Å². The van der Waals surface area contributed by atoms with Gasteiger partial charge in [0.2, 0.25) is 0 Å². The first-order valence-corrected chi connectivity index (χ1v) is 11.2. The van der Waals surface area contributed by atoms with Crippen molar-refractivity contribution < 1.29 is 0 Å². The van der Waals surface area contributed by atoms with E-state index in [0.29, 0.717) is 5.56 Å². The molecule has 0 saturated heterocycles. The number of fused-ring (bicyclic) bond motifs is 1. The van der Waals surface area contributed by atoms with E-state index in [4.69, 9.17) is 0 Å². The lowest BCUT2D eigenvalue weighted by Crippen LogP contribution is -2.22. The molecule has 0 fully saturated rings. The molecule has 0 spiro atoms. The molecular formula is C27H28N6. The number of anilines is 2. The van der Waals surface area contributed by atoms with Gasteiger partial charge in [-0.3, -0.25) is 14.9 Å². The maximum Gasteiger partial charge on any atom is 0.103 e. The molecule has 4 rings (SSSR count). The highest BCUT2D eigenvalue weighted by atomic mass is 15.1. The zero-order valence-electron chi connectivity index (χ0n) is 19.3. The van der Waals surface area contributed by atoms with Crippen LogP contribution in [-0.4, -0.2) is 32.9 Å². The van der Waals surface area contributed by atoms with Gasteiger partial charge in [0.05, 0.1) is 16.9 Å². The number of benzene rings is 1. The fourth-order valence-corrected chi connectivity index (χ4v) is 3.89. The molecule has 0 radical (unpaired) electrons. The van der Waals surface area contributed by atoms with Crippen molar-refractivity contribution in [2.75, 3.05) is 18.4 Å². The lowest BCUT2D eigenvalue weighted by atomic mass is 10.1. The Bertz CT molecular complexity index is 1310. The molecule has 0 aliphatic carbocycles. The Kier molecular flexibility index (Phi) is 6.82. The number of pyridine rings is 2. The van der Waals surface area contributed by atoms with Crippen LogP contribution in [0.15, 0.2) is 55.1 Å². The molecule has 3 aromatic heterocycles. The Morgan fingerprint density at radius 2 is 1.91 bits per heavy atom. The SMILES string of the molecule is CCN(CC)Cc1ccc(C=Cc2cncc(C#N)c2Nc2ccc3[nH]ccc3c2C)nc1. The number of aromatic amines is 1. The molecule has 1 aromatic carbocycles. The topological polar surface area (TPSA) is 80.6 Å². The van der Waals surface area contributed by atoms with E-state index in [1.165, 1.54) is 5.56 Å². The first-order chi connectivity index (χ1) is 16.1. The van der Waals surface area contributed by atoms with Crippen LogP contribution in [0.1, 0.15) is 41.8 Å². The van der Waals surface area contributed by atoms with Crippen LogP contribution in [0.3, 0.4) is 0 Å². The van der Waals surface area contributed by atoms with Crippen molar-refractivity contribution in [3.05, 3.63) is 83.1 Å². The molecule has 0 saturated carbocycles. The predicted molar refractivity (Wildman–Crippen MR) is 135 cm³/mol. The Labute approximate surface area is 194 Å². The van der Waals surface area contributed by atoms with Gasteiger partial charge < -0.3 is 10.3 Å². The normalized spacial score (nSPS) is 11.4. The zero-order valence-corrected chi connectivity index (χ0v) is 19.3. The maximum atomic E-state index is 9.68. The van der Waals surface area contributed by atoms with Gasteiger partial charge in [-0.1, -0.05) is 19.9 Å². The number of nitrogens with one attached hydrogen (secondary N) is 2. The molecule has 166 valence electrons. The second-order valence-corrected chi connectivity index (χ2v) is 7.95. The summed E-state index contributed by atoms with van der Waals surface area (Å²) in [6.07, 6.45) is 11.1. The van der Waals surface area contributed by atoms with Gasteiger partial charge in [0, 0.05) is 53.5 Å².